The average Bonchev–Trinajstić information content (AvgIpc) is 2.18. The van der Waals surface area contributed by atoms with Crippen LogP contribution in [0, 0.1) is 0 Å². The normalized spacial score (nSPS) is 19.8. The predicted octanol–water partition coefficient (Wildman–Crippen LogP) is 2.80. The molecule has 74 valence electrons. The maximum atomic E-state index is 5.89. The number of ether oxygens (including phenoxy) is 1. The third-order valence-corrected chi connectivity index (χ3v) is 4.00. The van der Waals surface area contributed by atoms with Crippen molar-refractivity contribution in [2.75, 3.05) is 0 Å². The van der Waals surface area contributed by atoms with E-state index < -0.39 is 0 Å². The molecule has 1 aromatic carbocycles. The Bertz CT molecular complexity index is 344. The summed E-state index contributed by atoms with van der Waals surface area (Å²) >= 11 is 0.443. The third kappa shape index (κ3) is 2.09. The van der Waals surface area contributed by atoms with Crippen LogP contribution in [0.4, 0.5) is 0 Å². The zero-order valence-electron chi connectivity index (χ0n) is 8.44. The van der Waals surface area contributed by atoms with Crippen LogP contribution in [0.2, 0.25) is 0 Å². The monoisotopic (exact) mass is 254 g/mol. The van der Waals surface area contributed by atoms with Gasteiger partial charge in [0.05, 0.1) is 0 Å². The van der Waals surface area contributed by atoms with Crippen molar-refractivity contribution in [2.24, 2.45) is 0 Å². The van der Waals surface area contributed by atoms with Gasteiger partial charge in [0.15, 0.2) is 0 Å². The summed E-state index contributed by atoms with van der Waals surface area (Å²) in [6.07, 6.45) is 2.51. The third-order valence-electron chi connectivity index (χ3n) is 2.10. The second-order valence-corrected chi connectivity index (χ2v) is 5.62. The zero-order valence-corrected chi connectivity index (χ0v) is 10.1. The van der Waals surface area contributed by atoms with Gasteiger partial charge in [-0.3, -0.25) is 0 Å². The average molecular weight is 253 g/mol. The molecular weight excluding hydrogens is 239 g/mol. The molecule has 1 aliphatic rings. The quantitative estimate of drug-likeness (QED) is 0.736. The van der Waals surface area contributed by atoms with E-state index in [9.17, 15) is 0 Å². The molecule has 0 saturated heterocycles. The molecule has 0 radical (unpaired) electrons. The van der Waals surface area contributed by atoms with Crippen LogP contribution in [0.1, 0.15) is 30.0 Å². The van der Waals surface area contributed by atoms with E-state index >= 15 is 0 Å². The first kappa shape index (κ1) is 9.97. The van der Waals surface area contributed by atoms with Gasteiger partial charge in [-0.25, -0.2) is 0 Å². The second kappa shape index (κ2) is 4.31. The predicted molar refractivity (Wildman–Crippen MR) is 60.2 cm³/mol. The summed E-state index contributed by atoms with van der Waals surface area (Å²) in [5, 5.41) is 0.309. The zero-order chi connectivity index (χ0) is 9.97. The van der Waals surface area contributed by atoms with Gasteiger partial charge in [0.2, 0.25) is 0 Å². The van der Waals surface area contributed by atoms with E-state index in [0.29, 0.717) is 26.1 Å². The Morgan fingerprint density at radius 2 is 2.07 bits per heavy atom. The van der Waals surface area contributed by atoms with Gasteiger partial charge in [0.25, 0.3) is 0 Å². The Hall–Kier alpha value is -0.561. The summed E-state index contributed by atoms with van der Waals surface area (Å²) in [4.78, 5) is 2.25. The van der Waals surface area contributed by atoms with E-state index in [-0.39, 0.29) is 0 Å². The minimum atomic E-state index is 0.307. The summed E-state index contributed by atoms with van der Waals surface area (Å²) < 4.78 is 5.89. The number of fused-ring (bicyclic) bond motifs is 1. The Labute approximate surface area is 91.3 Å². The molecule has 0 spiro atoms. The number of rotatable bonds is 2. The molecule has 0 amide bonds. The van der Waals surface area contributed by atoms with Gasteiger partial charge in [0.1, 0.15) is 0 Å². The SMILES string of the molecule is CC(C)OC1[Se]C=Cc2ccccc21. The molecule has 0 aliphatic carbocycles. The fourth-order valence-electron chi connectivity index (χ4n) is 1.49. The molecule has 2 rings (SSSR count). The number of hydrogen-bond acceptors (Lipinski definition) is 1. The first-order valence-electron chi connectivity index (χ1n) is 4.84. The molecule has 1 nitrogen and oxygen atoms in total. The van der Waals surface area contributed by atoms with Gasteiger partial charge in [-0.1, -0.05) is 0 Å². The van der Waals surface area contributed by atoms with E-state index in [1.807, 2.05) is 0 Å². The van der Waals surface area contributed by atoms with E-state index in [1.54, 1.807) is 0 Å². The van der Waals surface area contributed by atoms with Crippen LogP contribution in [0.15, 0.2) is 29.2 Å². The van der Waals surface area contributed by atoms with Crippen molar-refractivity contribution in [2.45, 2.75) is 25.0 Å². The molecule has 14 heavy (non-hydrogen) atoms. The van der Waals surface area contributed by atoms with E-state index in [1.165, 1.54) is 11.1 Å². The molecule has 0 N–H and O–H groups in total. The molecule has 1 unspecified atom stereocenters. The van der Waals surface area contributed by atoms with Crippen LogP contribution < -0.4 is 0 Å². The van der Waals surface area contributed by atoms with E-state index in [4.69, 9.17) is 4.74 Å². The summed E-state index contributed by atoms with van der Waals surface area (Å²) in [6, 6.07) is 8.49. The minimum absolute atomic E-state index is 0.307. The summed E-state index contributed by atoms with van der Waals surface area (Å²) in [5.41, 5.74) is 2.66. The molecule has 0 fully saturated rings. The van der Waals surface area contributed by atoms with Gasteiger partial charge in [-0.05, 0) is 0 Å². The van der Waals surface area contributed by atoms with E-state index in [2.05, 4.69) is 49.2 Å². The fraction of sp³-hybridized carbons (Fsp3) is 0.333. The van der Waals surface area contributed by atoms with Crippen molar-refractivity contribution in [3.05, 3.63) is 40.4 Å². The van der Waals surface area contributed by atoms with Crippen LogP contribution in [-0.2, 0) is 4.74 Å². The first-order valence-corrected chi connectivity index (χ1v) is 6.81. The molecular formula is C12H14OSe. The van der Waals surface area contributed by atoms with Crippen LogP contribution in [0.3, 0.4) is 0 Å². The molecule has 0 saturated carbocycles. The molecule has 1 heterocycles. The number of hydrogen-bond donors (Lipinski definition) is 0. The Morgan fingerprint density at radius 1 is 1.29 bits per heavy atom. The molecule has 0 bridgehead atoms. The van der Waals surface area contributed by atoms with Crippen molar-refractivity contribution >= 4 is 21.0 Å². The molecule has 0 aromatic heterocycles. The van der Waals surface area contributed by atoms with Crippen LogP contribution in [-0.4, -0.2) is 21.1 Å². The van der Waals surface area contributed by atoms with Gasteiger partial charge < -0.3 is 0 Å². The Morgan fingerprint density at radius 3 is 2.86 bits per heavy atom. The van der Waals surface area contributed by atoms with Gasteiger partial charge in [-0.2, -0.15) is 0 Å². The van der Waals surface area contributed by atoms with Crippen molar-refractivity contribution < 1.29 is 4.74 Å². The van der Waals surface area contributed by atoms with Gasteiger partial charge in [-0.15, -0.1) is 0 Å². The topological polar surface area (TPSA) is 9.23 Å². The molecule has 2 heteroatoms. The maximum absolute atomic E-state index is 5.89. The number of benzene rings is 1. The van der Waals surface area contributed by atoms with E-state index in [0.717, 1.165) is 0 Å². The van der Waals surface area contributed by atoms with Crippen molar-refractivity contribution in [1.82, 2.24) is 0 Å². The van der Waals surface area contributed by atoms with Crippen molar-refractivity contribution in [1.29, 1.82) is 0 Å². The van der Waals surface area contributed by atoms with Crippen molar-refractivity contribution in [3.8, 4) is 0 Å². The fourth-order valence-corrected chi connectivity index (χ4v) is 3.62. The van der Waals surface area contributed by atoms with Crippen molar-refractivity contribution in [3.63, 3.8) is 0 Å². The van der Waals surface area contributed by atoms with Crippen LogP contribution in [0.25, 0.3) is 6.08 Å². The Kier molecular flexibility index (Phi) is 3.07. The van der Waals surface area contributed by atoms with Gasteiger partial charge >= 0.3 is 91.1 Å². The first-order chi connectivity index (χ1) is 6.77. The second-order valence-electron chi connectivity index (χ2n) is 3.58. The van der Waals surface area contributed by atoms with Crippen LogP contribution in [0.5, 0.6) is 0 Å². The summed E-state index contributed by atoms with van der Waals surface area (Å²) in [5.74, 6) is 0. The van der Waals surface area contributed by atoms with Crippen LogP contribution >= 0.6 is 0 Å². The van der Waals surface area contributed by atoms with Gasteiger partial charge in [0, 0.05) is 0 Å². The standard InChI is InChI=1S/C12H14OSe/c1-9(2)13-12-11-6-4-3-5-10(11)7-8-14-12/h3-9,12H,1-2H3. The molecule has 1 aromatic rings. The summed E-state index contributed by atoms with van der Waals surface area (Å²) in [7, 11) is 0. The molecule has 1 aliphatic heterocycles. The Balaban J connectivity index is 2.27. The summed E-state index contributed by atoms with van der Waals surface area (Å²) in [6.45, 7) is 4.19. The molecule has 1 atom stereocenters.